The molecule has 0 spiro atoms. The number of nitrogens with zero attached hydrogens (tertiary/aromatic N) is 1. The minimum absolute atomic E-state index is 0.245. The topological polar surface area (TPSA) is 23.5 Å². The van der Waals surface area contributed by atoms with Gasteiger partial charge in [0.2, 0.25) is 0 Å². The molecule has 2 nitrogen and oxygen atoms in total. The van der Waals surface area contributed by atoms with E-state index in [2.05, 4.69) is 50.9 Å². The van der Waals surface area contributed by atoms with Crippen LogP contribution in [0.25, 0.3) is 0 Å². The Kier molecular flexibility index (Phi) is 4.15. The second-order valence-corrected chi connectivity index (χ2v) is 4.51. The average Bonchev–Trinajstić information content (AvgIpc) is 2.16. The smallest absolute Gasteiger partial charge is 0.0473 e. The summed E-state index contributed by atoms with van der Waals surface area (Å²) in [6.07, 6.45) is 0. The SMILES string of the molecule is Cc1cc(C)cc(N(C)CC(C)CO)c1. The zero-order chi connectivity index (χ0) is 11.4. The number of rotatable bonds is 4. The molecule has 1 atom stereocenters. The highest BCUT2D eigenvalue weighted by Crippen LogP contribution is 2.18. The van der Waals surface area contributed by atoms with E-state index >= 15 is 0 Å². The molecule has 2 heteroatoms. The molecule has 15 heavy (non-hydrogen) atoms. The van der Waals surface area contributed by atoms with Gasteiger partial charge in [0.25, 0.3) is 0 Å². The van der Waals surface area contributed by atoms with E-state index in [0.717, 1.165) is 6.54 Å². The predicted octanol–water partition coefficient (Wildman–Crippen LogP) is 2.37. The lowest BCUT2D eigenvalue weighted by Gasteiger charge is -2.23. The van der Waals surface area contributed by atoms with Crippen LogP contribution in [-0.4, -0.2) is 25.3 Å². The number of hydrogen-bond acceptors (Lipinski definition) is 2. The lowest BCUT2D eigenvalue weighted by Crippen LogP contribution is -2.25. The van der Waals surface area contributed by atoms with Crippen molar-refractivity contribution in [1.82, 2.24) is 0 Å². The number of hydrogen-bond donors (Lipinski definition) is 1. The van der Waals surface area contributed by atoms with Crippen LogP contribution in [0.4, 0.5) is 5.69 Å². The highest BCUT2D eigenvalue weighted by Gasteiger charge is 2.06. The van der Waals surface area contributed by atoms with Crippen LogP contribution in [0.1, 0.15) is 18.1 Å². The van der Waals surface area contributed by atoms with Crippen molar-refractivity contribution >= 4 is 5.69 Å². The predicted molar refractivity (Wildman–Crippen MR) is 65.4 cm³/mol. The summed E-state index contributed by atoms with van der Waals surface area (Å²) < 4.78 is 0. The summed E-state index contributed by atoms with van der Waals surface area (Å²) >= 11 is 0. The first-order valence-electron chi connectivity index (χ1n) is 5.43. The van der Waals surface area contributed by atoms with Crippen molar-refractivity contribution < 1.29 is 5.11 Å². The molecule has 1 aromatic rings. The van der Waals surface area contributed by atoms with Crippen LogP contribution in [0.3, 0.4) is 0 Å². The van der Waals surface area contributed by atoms with Crippen LogP contribution < -0.4 is 4.90 Å². The highest BCUT2D eigenvalue weighted by molar-refractivity contribution is 5.50. The minimum atomic E-state index is 0.245. The first-order chi connectivity index (χ1) is 7.02. The van der Waals surface area contributed by atoms with Gasteiger partial charge in [0.15, 0.2) is 0 Å². The lowest BCUT2D eigenvalue weighted by atomic mass is 10.1. The van der Waals surface area contributed by atoms with Gasteiger partial charge in [0, 0.05) is 25.9 Å². The molecule has 0 saturated heterocycles. The fourth-order valence-electron chi connectivity index (χ4n) is 1.80. The molecule has 1 unspecified atom stereocenters. The van der Waals surface area contributed by atoms with Crippen LogP contribution in [0, 0.1) is 19.8 Å². The van der Waals surface area contributed by atoms with E-state index < -0.39 is 0 Å². The van der Waals surface area contributed by atoms with E-state index in [9.17, 15) is 0 Å². The van der Waals surface area contributed by atoms with Crippen molar-refractivity contribution in [3.63, 3.8) is 0 Å². The second kappa shape index (κ2) is 5.17. The van der Waals surface area contributed by atoms with Crippen LogP contribution in [0.5, 0.6) is 0 Å². The van der Waals surface area contributed by atoms with E-state index in [0.29, 0.717) is 5.92 Å². The van der Waals surface area contributed by atoms with Gasteiger partial charge >= 0.3 is 0 Å². The molecular formula is C13H21NO. The monoisotopic (exact) mass is 207 g/mol. The van der Waals surface area contributed by atoms with E-state index in [1.54, 1.807) is 0 Å². The van der Waals surface area contributed by atoms with Gasteiger partial charge < -0.3 is 10.0 Å². The Morgan fingerprint density at radius 2 is 1.73 bits per heavy atom. The molecule has 0 aliphatic carbocycles. The molecule has 0 heterocycles. The third-order valence-corrected chi connectivity index (χ3v) is 2.54. The van der Waals surface area contributed by atoms with Crippen molar-refractivity contribution in [2.75, 3.05) is 25.1 Å². The Balaban J connectivity index is 2.77. The fraction of sp³-hybridized carbons (Fsp3) is 0.538. The van der Waals surface area contributed by atoms with Gasteiger partial charge in [-0.3, -0.25) is 0 Å². The van der Waals surface area contributed by atoms with Gasteiger partial charge in [-0.15, -0.1) is 0 Å². The second-order valence-electron chi connectivity index (χ2n) is 4.51. The number of benzene rings is 1. The summed E-state index contributed by atoms with van der Waals surface area (Å²) in [4.78, 5) is 2.20. The van der Waals surface area contributed by atoms with E-state index in [4.69, 9.17) is 5.11 Å². The van der Waals surface area contributed by atoms with Crippen molar-refractivity contribution in [1.29, 1.82) is 0 Å². The molecule has 0 amide bonds. The van der Waals surface area contributed by atoms with Crippen LogP contribution in [0.15, 0.2) is 18.2 Å². The summed E-state index contributed by atoms with van der Waals surface area (Å²) in [5, 5.41) is 9.01. The first kappa shape index (κ1) is 12.1. The molecule has 84 valence electrons. The molecule has 0 fully saturated rings. The fourth-order valence-corrected chi connectivity index (χ4v) is 1.80. The highest BCUT2D eigenvalue weighted by atomic mass is 16.3. The summed E-state index contributed by atoms with van der Waals surface area (Å²) in [6.45, 7) is 7.41. The molecule has 0 aliphatic rings. The average molecular weight is 207 g/mol. The van der Waals surface area contributed by atoms with Crippen molar-refractivity contribution in [3.05, 3.63) is 29.3 Å². The molecular weight excluding hydrogens is 186 g/mol. The lowest BCUT2D eigenvalue weighted by molar-refractivity contribution is 0.240. The van der Waals surface area contributed by atoms with Crippen molar-refractivity contribution in [3.8, 4) is 0 Å². The van der Waals surface area contributed by atoms with Crippen LogP contribution >= 0.6 is 0 Å². The number of aliphatic hydroxyl groups is 1. The van der Waals surface area contributed by atoms with Gasteiger partial charge in [-0.25, -0.2) is 0 Å². The Morgan fingerprint density at radius 3 is 2.20 bits per heavy atom. The Morgan fingerprint density at radius 1 is 1.20 bits per heavy atom. The molecule has 0 aromatic heterocycles. The molecule has 0 aliphatic heterocycles. The van der Waals surface area contributed by atoms with E-state index in [1.165, 1.54) is 16.8 Å². The number of aryl methyl sites for hydroxylation is 2. The Hall–Kier alpha value is -1.02. The molecule has 0 saturated carbocycles. The number of anilines is 1. The standard InChI is InChI=1S/C13H21NO/c1-10-5-11(2)7-13(6-10)14(4)8-12(3)9-15/h5-7,12,15H,8-9H2,1-4H3. The zero-order valence-corrected chi connectivity index (χ0v) is 10.1. The third kappa shape index (κ3) is 3.56. The quantitative estimate of drug-likeness (QED) is 0.819. The van der Waals surface area contributed by atoms with Crippen LogP contribution in [0.2, 0.25) is 0 Å². The largest absolute Gasteiger partial charge is 0.396 e. The summed E-state index contributed by atoms with van der Waals surface area (Å²) in [5.41, 5.74) is 3.80. The summed E-state index contributed by atoms with van der Waals surface area (Å²) in [6, 6.07) is 6.53. The minimum Gasteiger partial charge on any atom is -0.396 e. The van der Waals surface area contributed by atoms with E-state index in [-0.39, 0.29) is 6.61 Å². The zero-order valence-electron chi connectivity index (χ0n) is 10.1. The van der Waals surface area contributed by atoms with Crippen LogP contribution in [-0.2, 0) is 0 Å². The Bertz CT molecular complexity index is 302. The van der Waals surface area contributed by atoms with Gasteiger partial charge in [-0.2, -0.15) is 0 Å². The van der Waals surface area contributed by atoms with Gasteiger partial charge in [-0.1, -0.05) is 13.0 Å². The first-order valence-corrected chi connectivity index (χ1v) is 5.43. The maximum Gasteiger partial charge on any atom is 0.0473 e. The maximum absolute atomic E-state index is 9.01. The van der Waals surface area contributed by atoms with E-state index in [1.807, 2.05) is 0 Å². The van der Waals surface area contributed by atoms with Gasteiger partial charge in [0.05, 0.1) is 0 Å². The van der Waals surface area contributed by atoms with Gasteiger partial charge in [-0.05, 0) is 43.0 Å². The molecule has 0 bridgehead atoms. The molecule has 1 N–H and O–H groups in total. The summed E-state index contributed by atoms with van der Waals surface area (Å²) in [5.74, 6) is 0.316. The third-order valence-electron chi connectivity index (χ3n) is 2.54. The molecule has 0 radical (unpaired) electrons. The maximum atomic E-state index is 9.01. The van der Waals surface area contributed by atoms with Crippen molar-refractivity contribution in [2.45, 2.75) is 20.8 Å². The summed E-state index contributed by atoms with van der Waals surface area (Å²) in [7, 11) is 2.07. The number of aliphatic hydroxyl groups excluding tert-OH is 1. The normalized spacial score (nSPS) is 12.6. The Labute approximate surface area is 92.5 Å². The molecule has 1 rings (SSSR count). The van der Waals surface area contributed by atoms with Crippen molar-refractivity contribution in [2.24, 2.45) is 5.92 Å². The van der Waals surface area contributed by atoms with Gasteiger partial charge in [0.1, 0.15) is 0 Å². The molecule has 1 aromatic carbocycles.